The molecular formula is C17H33BO5Si. The van der Waals surface area contributed by atoms with Crippen LogP contribution in [-0.4, -0.2) is 39.2 Å². The van der Waals surface area contributed by atoms with Crippen LogP contribution >= 0.6 is 0 Å². The maximum Gasteiger partial charge on any atom is 0.462 e. The Labute approximate surface area is 148 Å². The summed E-state index contributed by atoms with van der Waals surface area (Å²) in [5.41, 5.74) is -0.704. The fourth-order valence-electron chi connectivity index (χ4n) is 2.04. The molecule has 1 heterocycles. The Balaban J connectivity index is 2.56. The van der Waals surface area contributed by atoms with Crippen molar-refractivity contribution >= 4 is 21.4 Å². The zero-order chi connectivity index (χ0) is 18.8. The number of hydrogen-bond acceptors (Lipinski definition) is 5. The Morgan fingerprint density at radius 3 is 2.42 bits per heavy atom. The van der Waals surface area contributed by atoms with Crippen LogP contribution in [0.3, 0.4) is 0 Å². The Bertz CT molecular complexity index is 468. The largest absolute Gasteiger partial charge is 0.549 e. The second-order valence-corrected chi connectivity index (χ2v) is 13.4. The van der Waals surface area contributed by atoms with Gasteiger partial charge in [-0.15, -0.1) is 0 Å². The van der Waals surface area contributed by atoms with E-state index >= 15 is 0 Å². The van der Waals surface area contributed by atoms with Crippen LogP contribution in [0, 0.1) is 0 Å². The lowest BCUT2D eigenvalue weighted by Gasteiger charge is -2.34. The van der Waals surface area contributed by atoms with Crippen LogP contribution in [0.15, 0.2) is 12.3 Å². The number of carbonyl (C=O) groups is 1. The number of esters is 1. The summed E-state index contributed by atoms with van der Waals surface area (Å²) in [6.45, 7) is 18.3. The molecule has 1 fully saturated rings. The first-order valence-corrected chi connectivity index (χ1v) is 11.5. The topological polar surface area (TPSA) is 54.0 Å². The van der Waals surface area contributed by atoms with Crippen LogP contribution < -0.4 is 0 Å². The van der Waals surface area contributed by atoms with Gasteiger partial charge in [0.2, 0.25) is 8.32 Å². The van der Waals surface area contributed by atoms with Gasteiger partial charge in [0, 0.05) is 6.32 Å². The predicted molar refractivity (Wildman–Crippen MR) is 99.2 cm³/mol. The van der Waals surface area contributed by atoms with E-state index in [-0.39, 0.29) is 17.1 Å². The summed E-state index contributed by atoms with van der Waals surface area (Å²) in [6.07, 6.45) is 3.30. The molecule has 0 aromatic rings. The van der Waals surface area contributed by atoms with Gasteiger partial charge in [-0.05, 0) is 45.8 Å². The summed E-state index contributed by atoms with van der Waals surface area (Å²) in [5, 5.41) is 0.158. The fraction of sp³-hybridized carbons (Fsp3) is 0.824. The quantitative estimate of drug-likeness (QED) is 0.406. The van der Waals surface area contributed by atoms with Crippen LogP contribution in [0.1, 0.15) is 48.5 Å². The lowest BCUT2D eigenvalue weighted by atomic mass is 9.85. The van der Waals surface area contributed by atoms with E-state index in [0.29, 0.717) is 6.32 Å². The molecule has 0 spiro atoms. The maximum atomic E-state index is 12.1. The van der Waals surface area contributed by atoms with Gasteiger partial charge >= 0.3 is 13.1 Å². The van der Waals surface area contributed by atoms with Crippen LogP contribution in [-0.2, 0) is 23.3 Å². The van der Waals surface area contributed by atoms with E-state index in [1.165, 1.54) is 0 Å². The van der Waals surface area contributed by atoms with Gasteiger partial charge in [0.1, 0.15) is 0 Å². The molecule has 1 aliphatic rings. The first kappa shape index (κ1) is 21.3. The normalized spacial score (nSPS) is 21.6. The van der Waals surface area contributed by atoms with E-state index in [4.69, 9.17) is 18.5 Å². The van der Waals surface area contributed by atoms with Gasteiger partial charge < -0.3 is 18.5 Å². The Morgan fingerprint density at radius 1 is 1.33 bits per heavy atom. The van der Waals surface area contributed by atoms with Crippen molar-refractivity contribution in [2.45, 2.75) is 90.7 Å². The lowest BCUT2D eigenvalue weighted by Crippen LogP contribution is -2.41. The van der Waals surface area contributed by atoms with E-state index in [0.717, 1.165) is 0 Å². The minimum absolute atomic E-state index is 0.158. The second kappa shape index (κ2) is 7.62. The summed E-state index contributed by atoms with van der Waals surface area (Å²) in [6, 6.07) is 0. The minimum atomic E-state index is -1.80. The maximum absolute atomic E-state index is 12.1. The molecule has 0 bridgehead atoms. The molecule has 0 aromatic carbocycles. The molecule has 0 radical (unpaired) electrons. The first-order chi connectivity index (χ1) is 10.8. The molecular weight excluding hydrogens is 323 g/mol. The smallest absolute Gasteiger partial charge is 0.462 e. The summed E-state index contributed by atoms with van der Waals surface area (Å²) in [7, 11) is -2.27. The van der Waals surface area contributed by atoms with Crippen LogP contribution in [0.5, 0.6) is 0 Å². The molecule has 0 unspecified atom stereocenters. The first-order valence-electron chi connectivity index (χ1n) is 8.63. The van der Waals surface area contributed by atoms with Crippen molar-refractivity contribution in [1.29, 1.82) is 0 Å². The summed E-state index contributed by atoms with van der Waals surface area (Å²) in [4.78, 5) is 12.1. The Morgan fingerprint density at radius 2 is 1.92 bits per heavy atom. The lowest BCUT2D eigenvalue weighted by molar-refractivity contribution is -0.159. The van der Waals surface area contributed by atoms with E-state index in [1.54, 1.807) is 6.26 Å². The van der Waals surface area contributed by atoms with E-state index in [9.17, 15) is 4.79 Å². The number of carbonyl (C=O) groups excluding carboxylic acids is 1. The standard InChI is InChI=1S/C17H33BO5Si/c1-13(2)21-15(19)14-17(6,7)23-18(22-14)11-10-12-20-24(8,9)16(3,4)5/h10,12-14H,11H2,1-9H3/b12-10+/t14-/m0/s1. The van der Waals surface area contributed by atoms with Crippen molar-refractivity contribution in [3.8, 4) is 0 Å². The molecule has 1 rings (SSSR count). The second-order valence-electron chi connectivity index (χ2n) is 8.64. The minimum Gasteiger partial charge on any atom is -0.549 e. The van der Waals surface area contributed by atoms with E-state index in [1.807, 2.05) is 33.8 Å². The van der Waals surface area contributed by atoms with Crippen molar-refractivity contribution in [2.24, 2.45) is 0 Å². The molecule has 1 aliphatic heterocycles. The Hall–Kier alpha value is -0.788. The third-order valence-electron chi connectivity index (χ3n) is 4.51. The average Bonchev–Trinajstić information content (AvgIpc) is 2.67. The number of hydrogen-bond donors (Lipinski definition) is 0. The third kappa shape index (κ3) is 5.64. The molecule has 138 valence electrons. The highest BCUT2D eigenvalue weighted by Gasteiger charge is 2.49. The van der Waals surface area contributed by atoms with Crippen LogP contribution in [0.25, 0.3) is 0 Å². The van der Waals surface area contributed by atoms with Crippen molar-refractivity contribution in [2.75, 3.05) is 0 Å². The van der Waals surface area contributed by atoms with Gasteiger partial charge in [0.05, 0.1) is 18.0 Å². The van der Waals surface area contributed by atoms with Crippen LogP contribution in [0.2, 0.25) is 24.5 Å². The molecule has 1 atom stereocenters. The highest BCUT2D eigenvalue weighted by atomic mass is 28.4. The monoisotopic (exact) mass is 356 g/mol. The van der Waals surface area contributed by atoms with Gasteiger partial charge in [-0.3, -0.25) is 0 Å². The molecule has 1 saturated heterocycles. The molecule has 7 heteroatoms. The van der Waals surface area contributed by atoms with Crippen LogP contribution in [0.4, 0.5) is 0 Å². The fourth-order valence-corrected chi connectivity index (χ4v) is 2.83. The van der Waals surface area contributed by atoms with Gasteiger partial charge in [-0.25, -0.2) is 4.79 Å². The molecule has 0 saturated carbocycles. The van der Waals surface area contributed by atoms with Gasteiger partial charge in [0.25, 0.3) is 0 Å². The molecule has 0 aliphatic carbocycles. The third-order valence-corrected chi connectivity index (χ3v) is 8.85. The number of allylic oxidation sites excluding steroid dienone is 1. The van der Waals surface area contributed by atoms with Gasteiger partial charge in [-0.1, -0.05) is 26.8 Å². The van der Waals surface area contributed by atoms with Gasteiger partial charge in [0.15, 0.2) is 6.10 Å². The molecule has 24 heavy (non-hydrogen) atoms. The SMILES string of the molecule is CC(C)OC(=O)[C@@H]1OB(C/C=C/O[Si](C)(C)C(C)(C)C)OC1(C)C. The predicted octanol–water partition coefficient (Wildman–Crippen LogP) is 4.16. The molecule has 0 aromatic heterocycles. The Kier molecular flexibility index (Phi) is 6.75. The summed E-state index contributed by atoms with van der Waals surface area (Å²) in [5.74, 6) is -0.376. The number of rotatable bonds is 6. The van der Waals surface area contributed by atoms with Gasteiger partial charge in [-0.2, -0.15) is 0 Å². The van der Waals surface area contributed by atoms with Crippen molar-refractivity contribution < 1.29 is 23.3 Å². The zero-order valence-electron chi connectivity index (χ0n) is 16.6. The highest BCUT2D eigenvalue weighted by Crippen LogP contribution is 2.36. The summed E-state index contributed by atoms with van der Waals surface area (Å²) >= 11 is 0. The zero-order valence-corrected chi connectivity index (χ0v) is 17.6. The van der Waals surface area contributed by atoms with Crippen molar-refractivity contribution in [3.05, 3.63) is 12.3 Å². The molecule has 0 N–H and O–H groups in total. The van der Waals surface area contributed by atoms with Crippen molar-refractivity contribution in [1.82, 2.24) is 0 Å². The van der Waals surface area contributed by atoms with E-state index in [2.05, 4.69) is 33.9 Å². The van der Waals surface area contributed by atoms with Crippen molar-refractivity contribution in [3.63, 3.8) is 0 Å². The highest BCUT2D eigenvalue weighted by molar-refractivity contribution is 6.74. The number of ether oxygens (including phenoxy) is 1. The molecule has 5 nitrogen and oxygen atoms in total. The average molecular weight is 356 g/mol. The summed E-state index contributed by atoms with van der Waals surface area (Å²) < 4.78 is 22.8. The molecule has 0 amide bonds. The van der Waals surface area contributed by atoms with E-state index < -0.39 is 27.1 Å².